The topological polar surface area (TPSA) is 93.5 Å². The summed E-state index contributed by atoms with van der Waals surface area (Å²) in [6, 6.07) is 8.03. The number of hydrogen-bond donors (Lipinski definition) is 2. The van der Waals surface area contributed by atoms with Crippen molar-refractivity contribution in [2.45, 2.75) is 19.8 Å². The van der Waals surface area contributed by atoms with Gasteiger partial charge in [-0.2, -0.15) is 0 Å². The van der Waals surface area contributed by atoms with E-state index in [0.29, 0.717) is 11.3 Å². The number of aromatic hydroxyl groups is 1. The van der Waals surface area contributed by atoms with E-state index < -0.39 is 17.3 Å². The summed E-state index contributed by atoms with van der Waals surface area (Å²) >= 11 is 0. The molecular formula is C15H15NO4. The lowest BCUT2D eigenvalue weighted by atomic mass is 9.92. The molecule has 0 saturated heterocycles. The van der Waals surface area contributed by atoms with E-state index in [-0.39, 0.29) is 17.1 Å². The molecule has 0 aliphatic heterocycles. The van der Waals surface area contributed by atoms with E-state index in [9.17, 15) is 14.7 Å². The molecule has 1 heterocycles. The Kier molecular flexibility index (Phi) is 3.61. The third-order valence-electron chi connectivity index (χ3n) is 3.13. The smallest absolute Gasteiger partial charge is 0.350 e. The second kappa shape index (κ2) is 5.21. The Hall–Kier alpha value is -2.56. The van der Waals surface area contributed by atoms with Gasteiger partial charge in [0.05, 0.1) is 0 Å². The fraction of sp³-hybridized carbons (Fsp3) is 0.200. The van der Waals surface area contributed by atoms with Crippen LogP contribution in [0.1, 0.15) is 34.5 Å². The van der Waals surface area contributed by atoms with Crippen LogP contribution in [0.15, 0.2) is 39.5 Å². The predicted octanol–water partition coefficient (Wildman–Crippen LogP) is 2.22. The molecule has 0 fully saturated rings. The lowest BCUT2D eigenvalue weighted by molar-refractivity contribution is 0.0959. The summed E-state index contributed by atoms with van der Waals surface area (Å²) in [5.41, 5.74) is 5.75. The summed E-state index contributed by atoms with van der Waals surface area (Å²) in [5, 5.41) is 9.78. The number of carbonyl (C=O) groups is 1. The first-order valence-corrected chi connectivity index (χ1v) is 6.13. The Balaban J connectivity index is 2.41. The maximum atomic E-state index is 12.3. The monoisotopic (exact) mass is 273 g/mol. The van der Waals surface area contributed by atoms with Crippen LogP contribution >= 0.6 is 0 Å². The molecule has 0 amide bonds. The summed E-state index contributed by atoms with van der Waals surface area (Å²) in [6.07, 6.45) is 0. The van der Waals surface area contributed by atoms with Gasteiger partial charge in [-0.15, -0.1) is 0 Å². The van der Waals surface area contributed by atoms with Crippen molar-refractivity contribution < 1.29 is 14.3 Å². The third-order valence-corrected chi connectivity index (χ3v) is 3.13. The highest BCUT2D eigenvalue weighted by atomic mass is 16.4. The van der Waals surface area contributed by atoms with Gasteiger partial charge in [0.25, 0.3) is 0 Å². The minimum atomic E-state index is -0.824. The second-order valence-corrected chi connectivity index (χ2v) is 4.66. The van der Waals surface area contributed by atoms with Crippen LogP contribution in [-0.4, -0.2) is 10.9 Å². The average Bonchev–Trinajstić information content (AvgIpc) is 2.37. The molecule has 1 unspecified atom stereocenters. The standard InChI is InChI=1S/C15H15NO4/c1-8-7-12(17)13(15(19)20-8)14(18)9(2)10-3-5-11(16)6-4-10/h3-7,9,17H,16H2,1-2H3. The number of Topliss-reactive ketones (excluding diaryl/α,β-unsaturated/α-hetero) is 1. The predicted molar refractivity (Wildman–Crippen MR) is 75.0 cm³/mol. The van der Waals surface area contributed by atoms with Crippen LogP contribution in [0.5, 0.6) is 5.75 Å². The van der Waals surface area contributed by atoms with Gasteiger partial charge in [-0.3, -0.25) is 4.79 Å². The summed E-state index contributed by atoms with van der Waals surface area (Å²) in [5.74, 6) is -1.16. The summed E-state index contributed by atoms with van der Waals surface area (Å²) in [4.78, 5) is 24.1. The van der Waals surface area contributed by atoms with E-state index in [1.54, 1.807) is 31.2 Å². The van der Waals surface area contributed by atoms with Crippen molar-refractivity contribution >= 4 is 11.5 Å². The molecule has 2 aromatic rings. The SMILES string of the molecule is Cc1cc(O)c(C(=O)C(C)c2ccc(N)cc2)c(=O)o1. The van der Waals surface area contributed by atoms with Gasteiger partial charge in [-0.25, -0.2) is 4.79 Å². The van der Waals surface area contributed by atoms with Crippen molar-refractivity contribution in [1.82, 2.24) is 0 Å². The first-order chi connectivity index (χ1) is 9.40. The highest BCUT2D eigenvalue weighted by Crippen LogP contribution is 2.24. The zero-order valence-corrected chi connectivity index (χ0v) is 11.2. The van der Waals surface area contributed by atoms with Crippen molar-refractivity contribution in [2.24, 2.45) is 0 Å². The van der Waals surface area contributed by atoms with Crippen molar-refractivity contribution in [3.63, 3.8) is 0 Å². The van der Waals surface area contributed by atoms with Crippen molar-refractivity contribution in [1.29, 1.82) is 0 Å². The first kappa shape index (κ1) is 13.9. The zero-order chi connectivity index (χ0) is 14.9. The summed E-state index contributed by atoms with van der Waals surface area (Å²) in [6.45, 7) is 3.19. The van der Waals surface area contributed by atoms with Gasteiger partial charge in [0, 0.05) is 17.7 Å². The number of ketones is 1. The maximum Gasteiger partial charge on any atom is 0.350 e. The van der Waals surface area contributed by atoms with Gasteiger partial charge in [-0.1, -0.05) is 19.1 Å². The number of anilines is 1. The number of hydrogen-bond acceptors (Lipinski definition) is 5. The molecule has 0 spiro atoms. The molecule has 20 heavy (non-hydrogen) atoms. The molecule has 2 rings (SSSR count). The molecule has 0 bridgehead atoms. The van der Waals surface area contributed by atoms with E-state index in [1.165, 1.54) is 13.0 Å². The number of carbonyl (C=O) groups excluding carboxylic acids is 1. The lowest BCUT2D eigenvalue weighted by Gasteiger charge is -2.11. The minimum Gasteiger partial charge on any atom is -0.507 e. The molecule has 1 aromatic heterocycles. The second-order valence-electron chi connectivity index (χ2n) is 4.66. The highest BCUT2D eigenvalue weighted by Gasteiger charge is 2.24. The third kappa shape index (κ3) is 2.56. The van der Waals surface area contributed by atoms with Gasteiger partial charge < -0.3 is 15.3 Å². The Morgan fingerprint density at radius 1 is 1.30 bits per heavy atom. The van der Waals surface area contributed by atoms with Crippen LogP contribution in [0.3, 0.4) is 0 Å². The molecule has 0 radical (unpaired) electrons. The van der Waals surface area contributed by atoms with E-state index >= 15 is 0 Å². The molecule has 0 aliphatic rings. The van der Waals surface area contributed by atoms with Gasteiger partial charge >= 0.3 is 5.63 Å². The quantitative estimate of drug-likeness (QED) is 0.660. The Morgan fingerprint density at radius 3 is 2.45 bits per heavy atom. The number of nitrogen functional groups attached to an aromatic ring is 1. The van der Waals surface area contributed by atoms with E-state index in [4.69, 9.17) is 10.2 Å². The Bertz CT molecular complexity index is 701. The van der Waals surface area contributed by atoms with E-state index in [2.05, 4.69) is 0 Å². The molecule has 0 aliphatic carbocycles. The van der Waals surface area contributed by atoms with E-state index in [0.717, 1.165) is 0 Å². The van der Waals surface area contributed by atoms with Crippen LogP contribution in [0.2, 0.25) is 0 Å². The van der Waals surface area contributed by atoms with Gasteiger partial charge in [-0.05, 0) is 24.6 Å². The minimum absolute atomic E-state index is 0.254. The van der Waals surface area contributed by atoms with Gasteiger partial charge in [0.15, 0.2) is 5.78 Å². The molecule has 1 atom stereocenters. The maximum absolute atomic E-state index is 12.3. The van der Waals surface area contributed by atoms with Crippen LogP contribution in [0.4, 0.5) is 5.69 Å². The molecular weight excluding hydrogens is 258 g/mol. The summed E-state index contributed by atoms with van der Waals surface area (Å²) in [7, 11) is 0. The van der Waals surface area contributed by atoms with Crippen LogP contribution in [0, 0.1) is 6.92 Å². The molecule has 104 valence electrons. The number of nitrogens with two attached hydrogens (primary N) is 1. The molecule has 0 saturated carbocycles. The van der Waals surface area contributed by atoms with Crippen molar-refractivity contribution in [3.05, 3.63) is 57.6 Å². The van der Waals surface area contributed by atoms with Crippen molar-refractivity contribution in [3.8, 4) is 5.75 Å². The first-order valence-electron chi connectivity index (χ1n) is 6.13. The molecule has 3 N–H and O–H groups in total. The highest BCUT2D eigenvalue weighted by molar-refractivity contribution is 6.02. The summed E-state index contributed by atoms with van der Waals surface area (Å²) < 4.78 is 4.86. The number of aryl methyl sites for hydroxylation is 1. The van der Waals surface area contributed by atoms with Gasteiger partial charge in [0.1, 0.15) is 17.1 Å². The molecule has 5 heteroatoms. The largest absolute Gasteiger partial charge is 0.507 e. The van der Waals surface area contributed by atoms with Crippen LogP contribution in [0.25, 0.3) is 0 Å². The molecule has 5 nitrogen and oxygen atoms in total. The van der Waals surface area contributed by atoms with Crippen LogP contribution < -0.4 is 11.4 Å². The number of rotatable bonds is 3. The van der Waals surface area contributed by atoms with Crippen LogP contribution in [-0.2, 0) is 0 Å². The Morgan fingerprint density at radius 2 is 1.90 bits per heavy atom. The van der Waals surface area contributed by atoms with E-state index in [1.807, 2.05) is 0 Å². The fourth-order valence-corrected chi connectivity index (χ4v) is 1.98. The van der Waals surface area contributed by atoms with Gasteiger partial charge in [0.2, 0.25) is 0 Å². The lowest BCUT2D eigenvalue weighted by Crippen LogP contribution is -2.19. The fourth-order valence-electron chi connectivity index (χ4n) is 1.98. The average molecular weight is 273 g/mol. The normalized spacial score (nSPS) is 12.1. The van der Waals surface area contributed by atoms with Crippen molar-refractivity contribution in [2.75, 3.05) is 5.73 Å². The Labute approximate surface area is 115 Å². The number of benzene rings is 1. The molecule has 1 aromatic carbocycles. The zero-order valence-electron chi connectivity index (χ0n) is 11.2.